The van der Waals surface area contributed by atoms with Crippen LogP contribution in [0.25, 0.3) is 0 Å². The van der Waals surface area contributed by atoms with E-state index in [9.17, 15) is 14.7 Å². The number of nitrogens with zero attached hydrogens (tertiary/aromatic N) is 1. The van der Waals surface area contributed by atoms with Gasteiger partial charge in [0.05, 0.1) is 11.8 Å². The van der Waals surface area contributed by atoms with Gasteiger partial charge in [-0.05, 0) is 43.4 Å². The molecule has 2 rings (SSSR count). The zero-order valence-corrected chi connectivity index (χ0v) is 13.6. The average molecular weight is 295 g/mol. The van der Waals surface area contributed by atoms with Gasteiger partial charge in [-0.1, -0.05) is 27.2 Å². The highest BCUT2D eigenvalue weighted by atomic mass is 16.4. The number of likely N-dealkylation sites (tertiary alicyclic amines) is 1. The Morgan fingerprint density at radius 2 is 1.81 bits per heavy atom. The summed E-state index contributed by atoms with van der Waals surface area (Å²) in [7, 11) is 0. The topological polar surface area (TPSA) is 57.6 Å². The van der Waals surface area contributed by atoms with Crippen LogP contribution in [0.4, 0.5) is 0 Å². The molecule has 1 aliphatic heterocycles. The average Bonchev–Trinajstić information content (AvgIpc) is 2.77. The summed E-state index contributed by atoms with van der Waals surface area (Å²) in [5.41, 5.74) is 0.295. The highest BCUT2D eigenvalue weighted by Gasteiger charge is 2.43. The standard InChI is InChI=1S/C17H29NO3/c1-4-12-10-13(14(11-12)16(20)21)15(19)18-8-5-6-17(2,3)7-9-18/h12-14H,4-11H2,1-3H3,(H,20,21)/t12?,13-,14+/m0/s1. The van der Waals surface area contributed by atoms with Crippen molar-refractivity contribution < 1.29 is 14.7 Å². The number of rotatable bonds is 3. The molecule has 1 heterocycles. The fourth-order valence-corrected chi connectivity index (χ4v) is 3.90. The maximum absolute atomic E-state index is 12.8. The zero-order valence-electron chi connectivity index (χ0n) is 13.6. The minimum Gasteiger partial charge on any atom is -0.481 e. The quantitative estimate of drug-likeness (QED) is 0.870. The van der Waals surface area contributed by atoms with Crippen LogP contribution in [-0.2, 0) is 9.59 Å². The Morgan fingerprint density at radius 3 is 2.43 bits per heavy atom. The highest BCUT2D eigenvalue weighted by molar-refractivity contribution is 5.85. The summed E-state index contributed by atoms with van der Waals surface area (Å²) in [5.74, 6) is -1.08. The van der Waals surface area contributed by atoms with Crippen molar-refractivity contribution in [3.63, 3.8) is 0 Å². The maximum atomic E-state index is 12.8. The van der Waals surface area contributed by atoms with Gasteiger partial charge < -0.3 is 10.0 Å². The summed E-state index contributed by atoms with van der Waals surface area (Å²) in [6.07, 6.45) is 5.58. The van der Waals surface area contributed by atoms with Crippen LogP contribution < -0.4 is 0 Å². The van der Waals surface area contributed by atoms with Crippen molar-refractivity contribution in [2.75, 3.05) is 13.1 Å². The summed E-state index contributed by atoms with van der Waals surface area (Å²) in [5, 5.41) is 9.41. The lowest BCUT2D eigenvalue weighted by Gasteiger charge is -2.27. The molecule has 4 nitrogen and oxygen atoms in total. The Balaban J connectivity index is 2.05. The molecule has 1 unspecified atom stereocenters. The summed E-state index contributed by atoms with van der Waals surface area (Å²) in [6.45, 7) is 8.17. The molecule has 2 aliphatic rings. The van der Waals surface area contributed by atoms with Crippen molar-refractivity contribution in [2.45, 2.75) is 59.3 Å². The second kappa shape index (κ2) is 6.37. The molecule has 0 radical (unpaired) electrons. The Bertz CT molecular complexity index is 405. The van der Waals surface area contributed by atoms with Crippen molar-refractivity contribution in [3.8, 4) is 0 Å². The first kappa shape index (κ1) is 16.3. The molecule has 1 aliphatic carbocycles. The van der Waals surface area contributed by atoms with Crippen LogP contribution in [-0.4, -0.2) is 35.0 Å². The van der Waals surface area contributed by atoms with Crippen LogP contribution in [0.5, 0.6) is 0 Å². The van der Waals surface area contributed by atoms with Gasteiger partial charge in [0.2, 0.25) is 5.91 Å². The maximum Gasteiger partial charge on any atom is 0.307 e. The molecule has 21 heavy (non-hydrogen) atoms. The van der Waals surface area contributed by atoms with E-state index in [1.165, 1.54) is 0 Å². The van der Waals surface area contributed by atoms with Gasteiger partial charge in [-0.3, -0.25) is 9.59 Å². The summed E-state index contributed by atoms with van der Waals surface area (Å²) in [4.78, 5) is 26.2. The fraction of sp³-hybridized carbons (Fsp3) is 0.882. The molecule has 1 N–H and O–H groups in total. The minimum absolute atomic E-state index is 0.0936. The molecular formula is C17H29NO3. The third kappa shape index (κ3) is 3.78. The van der Waals surface area contributed by atoms with Gasteiger partial charge in [0.15, 0.2) is 0 Å². The molecule has 3 atom stereocenters. The molecule has 0 bridgehead atoms. The van der Waals surface area contributed by atoms with Crippen molar-refractivity contribution in [2.24, 2.45) is 23.2 Å². The Labute approximate surface area is 127 Å². The lowest BCUT2D eigenvalue weighted by atomic mass is 9.85. The number of aliphatic carboxylic acids is 1. The summed E-state index contributed by atoms with van der Waals surface area (Å²) >= 11 is 0. The van der Waals surface area contributed by atoms with Crippen LogP contribution in [0.3, 0.4) is 0 Å². The molecule has 1 saturated heterocycles. The van der Waals surface area contributed by atoms with E-state index in [2.05, 4.69) is 20.8 Å². The monoisotopic (exact) mass is 295 g/mol. The molecule has 1 saturated carbocycles. The Morgan fingerprint density at radius 1 is 1.14 bits per heavy atom. The van der Waals surface area contributed by atoms with Crippen molar-refractivity contribution in [1.29, 1.82) is 0 Å². The van der Waals surface area contributed by atoms with Gasteiger partial charge in [0.1, 0.15) is 0 Å². The summed E-state index contributed by atoms with van der Waals surface area (Å²) in [6, 6.07) is 0. The molecule has 0 spiro atoms. The largest absolute Gasteiger partial charge is 0.481 e. The van der Waals surface area contributed by atoms with Gasteiger partial charge in [-0.25, -0.2) is 0 Å². The zero-order chi connectivity index (χ0) is 15.6. The van der Waals surface area contributed by atoms with Gasteiger partial charge in [-0.2, -0.15) is 0 Å². The van der Waals surface area contributed by atoms with Crippen LogP contribution >= 0.6 is 0 Å². The first-order chi connectivity index (χ1) is 9.84. The van der Waals surface area contributed by atoms with Gasteiger partial charge in [-0.15, -0.1) is 0 Å². The first-order valence-corrected chi connectivity index (χ1v) is 8.35. The van der Waals surface area contributed by atoms with Crippen molar-refractivity contribution in [3.05, 3.63) is 0 Å². The highest BCUT2D eigenvalue weighted by Crippen LogP contribution is 2.40. The number of carbonyl (C=O) groups is 2. The predicted molar refractivity (Wildman–Crippen MR) is 81.8 cm³/mol. The van der Waals surface area contributed by atoms with Crippen LogP contribution in [0.2, 0.25) is 0 Å². The van der Waals surface area contributed by atoms with E-state index in [4.69, 9.17) is 0 Å². The number of amides is 1. The molecule has 120 valence electrons. The van der Waals surface area contributed by atoms with E-state index in [1.807, 2.05) is 4.90 Å². The van der Waals surface area contributed by atoms with Crippen molar-refractivity contribution >= 4 is 11.9 Å². The van der Waals surface area contributed by atoms with Gasteiger partial charge in [0, 0.05) is 13.1 Å². The third-order valence-electron chi connectivity index (χ3n) is 5.52. The van der Waals surface area contributed by atoms with E-state index in [-0.39, 0.29) is 11.8 Å². The number of carboxylic acids is 1. The number of carbonyl (C=O) groups excluding carboxylic acids is 1. The van der Waals surface area contributed by atoms with Crippen LogP contribution in [0.1, 0.15) is 59.3 Å². The van der Waals surface area contributed by atoms with Gasteiger partial charge >= 0.3 is 5.97 Å². The van der Waals surface area contributed by atoms with E-state index < -0.39 is 11.9 Å². The molecule has 2 fully saturated rings. The predicted octanol–water partition coefficient (Wildman–Crippen LogP) is 3.16. The Hall–Kier alpha value is -1.06. The van der Waals surface area contributed by atoms with Gasteiger partial charge in [0.25, 0.3) is 0 Å². The Kier molecular flexibility index (Phi) is 4.95. The number of hydrogen-bond acceptors (Lipinski definition) is 2. The number of hydrogen-bond donors (Lipinski definition) is 1. The second-order valence-corrected chi connectivity index (χ2v) is 7.64. The second-order valence-electron chi connectivity index (χ2n) is 7.64. The fourth-order valence-electron chi connectivity index (χ4n) is 3.90. The van der Waals surface area contributed by atoms with Crippen molar-refractivity contribution in [1.82, 2.24) is 4.90 Å². The number of carboxylic acid groups (broad SMARTS) is 1. The molecule has 0 aromatic carbocycles. The smallest absolute Gasteiger partial charge is 0.307 e. The summed E-state index contributed by atoms with van der Waals surface area (Å²) < 4.78 is 0. The first-order valence-electron chi connectivity index (χ1n) is 8.35. The van der Waals surface area contributed by atoms with E-state index in [0.717, 1.165) is 45.2 Å². The molecular weight excluding hydrogens is 266 g/mol. The normalized spacial score (nSPS) is 32.7. The molecule has 4 heteroatoms. The van der Waals surface area contributed by atoms with Crippen LogP contribution in [0.15, 0.2) is 0 Å². The minimum atomic E-state index is -0.792. The van der Waals surface area contributed by atoms with E-state index >= 15 is 0 Å². The molecule has 1 amide bonds. The van der Waals surface area contributed by atoms with E-state index in [0.29, 0.717) is 17.8 Å². The lowest BCUT2D eigenvalue weighted by Crippen LogP contribution is -2.40. The van der Waals surface area contributed by atoms with Crippen LogP contribution in [0, 0.1) is 23.2 Å². The SMILES string of the molecule is CCC1C[C@H](C(=O)N2CCCC(C)(C)CC2)[C@H](C(=O)O)C1. The van der Waals surface area contributed by atoms with E-state index in [1.54, 1.807) is 0 Å². The molecule has 0 aromatic rings. The lowest BCUT2D eigenvalue weighted by molar-refractivity contribution is -0.149. The molecule has 0 aromatic heterocycles. The third-order valence-corrected chi connectivity index (χ3v) is 5.52.